The summed E-state index contributed by atoms with van der Waals surface area (Å²) in [7, 11) is 4.97. The van der Waals surface area contributed by atoms with Crippen LogP contribution >= 0.6 is 0 Å². The Morgan fingerprint density at radius 2 is 1.70 bits per heavy atom. The van der Waals surface area contributed by atoms with Gasteiger partial charge in [-0.25, -0.2) is 0 Å². The van der Waals surface area contributed by atoms with E-state index < -0.39 is 17.6 Å². The first-order valence-electron chi connectivity index (χ1n) is 9.92. The lowest BCUT2D eigenvalue weighted by Crippen LogP contribution is -2.52. The van der Waals surface area contributed by atoms with Gasteiger partial charge in [-0.1, -0.05) is 32.1 Å². The number of likely N-dealkylation sites (N-methyl/N-ethyl adjacent to an activating group) is 3. The Hall–Kier alpha value is -1.63. The minimum Gasteiger partial charge on any atom is -0.459 e. The summed E-state index contributed by atoms with van der Waals surface area (Å²) in [6.07, 6.45) is 6.41. The smallest absolute Gasteiger partial charge is 0.326 e. The van der Waals surface area contributed by atoms with Crippen LogP contribution < -0.4 is 5.32 Å². The number of nitrogens with one attached hydrogen (secondary N) is 1. The third-order valence-corrected chi connectivity index (χ3v) is 4.92. The number of ether oxygens (including phenoxy) is 1. The van der Waals surface area contributed by atoms with Gasteiger partial charge in [0, 0.05) is 14.1 Å². The molecular formula is C20H37N3O4. The molecule has 156 valence electrons. The van der Waals surface area contributed by atoms with Gasteiger partial charge in [-0.05, 0) is 40.2 Å². The van der Waals surface area contributed by atoms with Gasteiger partial charge in [-0.15, -0.1) is 0 Å². The highest BCUT2D eigenvalue weighted by molar-refractivity contribution is 5.90. The fourth-order valence-electron chi connectivity index (χ4n) is 3.51. The summed E-state index contributed by atoms with van der Waals surface area (Å²) >= 11 is 0. The highest BCUT2D eigenvalue weighted by Crippen LogP contribution is 2.29. The van der Waals surface area contributed by atoms with Gasteiger partial charge in [0.05, 0.1) is 6.54 Å². The van der Waals surface area contributed by atoms with Crippen molar-refractivity contribution >= 4 is 17.8 Å². The molecule has 27 heavy (non-hydrogen) atoms. The molecule has 0 aromatic rings. The van der Waals surface area contributed by atoms with Crippen LogP contribution in [0.25, 0.3) is 0 Å². The molecule has 1 fully saturated rings. The second-order valence-corrected chi connectivity index (χ2v) is 8.57. The molecule has 0 unspecified atom stereocenters. The minimum absolute atomic E-state index is 0.120. The van der Waals surface area contributed by atoms with Crippen LogP contribution in [-0.4, -0.2) is 73.5 Å². The van der Waals surface area contributed by atoms with E-state index in [1.54, 1.807) is 41.9 Å². The molecule has 0 radical (unpaired) electrons. The van der Waals surface area contributed by atoms with Crippen LogP contribution in [0, 0.1) is 5.92 Å². The van der Waals surface area contributed by atoms with Crippen molar-refractivity contribution in [2.75, 3.05) is 34.2 Å². The summed E-state index contributed by atoms with van der Waals surface area (Å²) in [6, 6.07) is -0.554. The number of hydrogen-bond donors (Lipinski definition) is 1. The van der Waals surface area contributed by atoms with E-state index in [1.807, 2.05) is 0 Å². The molecule has 1 rings (SSSR count). The average Bonchev–Trinajstić information content (AvgIpc) is 2.57. The number of carbonyl (C=O) groups excluding carboxylic acids is 3. The van der Waals surface area contributed by atoms with E-state index in [0.717, 1.165) is 12.8 Å². The molecule has 0 spiro atoms. The Bertz CT molecular complexity index is 510. The van der Waals surface area contributed by atoms with Gasteiger partial charge in [-0.2, -0.15) is 0 Å². The minimum atomic E-state index is -0.595. The highest BCUT2D eigenvalue weighted by atomic mass is 16.6. The van der Waals surface area contributed by atoms with Crippen LogP contribution in [0.2, 0.25) is 0 Å². The van der Waals surface area contributed by atoms with Crippen LogP contribution in [-0.2, 0) is 19.1 Å². The van der Waals surface area contributed by atoms with E-state index in [9.17, 15) is 14.4 Å². The van der Waals surface area contributed by atoms with Crippen LogP contribution in [0.1, 0.15) is 59.3 Å². The fraction of sp³-hybridized carbons (Fsp3) is 0.850. The fourth-order valence-corrected chi connectivity index (χ4v) is 3.51. The highest BCUT2D eigenvalue weighted by Gasteiger charge is 2.33. The Labute approximate surface area is 163 Å². The van der Waals surface area contributed by atoms with Crippen molar-refractivity contribution in [2.45, 2.75) is 70.9 Å². The molecule has 1 aliphatic carbocycles. The molecule has 0 heterocycles. The molecular weight excluding hydrogens is 346 g/mol. The largest absolute Gasteiger partial charge is 0.459 e. The number of rotatable bonds is 8. The second kappa shape index (κ2) is 10.6. The van der Waals surface area contributed by atoms with Gasteiger partial charge in [0.1, 0.15) is 18.2 Å². The van der Waals surface area contributed by atoms with Crippen LogP contribution in [0.15, 0.2) is 0 Å². The normalized spacial score (nSPS) is 16.5. The SMILES string of the molecule is CNCC(=O)N(C)[C@@H](CC1CCCCC1)C(=O)N(C)CC(=O)OC(C)(C)C. The summed E-state index contributed by atoms with van der Waals surface area (Å²) in [5.41, 5.74) is -0.595. The van der Waals surface area contributed by atoms with Crippen LogP contribution in [0.4, 0.5) is 0 Å². The summed E-state index contributed by atoms with van der Waals surface area (Å²) in [6.45, 7) is 5.44. The molecule has 0 saturated heterocycles. The molecule has 7 heteroatoms. The Morgan fingerprint density at radius 3 is 2.22 bits per heavy atom. The average molecular weight is 384 g/mol. The zero-order valence-electron chi connectivity index (χ0n) is 17.8. The zero-order chi connectivity index (χ0) is 20.6. The molecule has 0 aromatic heterocycles. The van der Waals surface area contributed by atoms with Crippen molar-refractivity contribution in [1.82, 2.24) is 15.1 Å². The molecule has 1 aliphatic rings. The van der Waals surface area contributed by atoms with E-state index in [1.165, 1.54) is 29.1 Å². The third kappa shape index (κ3) is 8.28. The second-order valence-electron chi connectivity index (χ2n) is 8.57. The lowest BCUT2D eigenvalue weighted by atomic mass is 9.84. The van der Waals surface area contributed by atoms with Crippen molar-refractivity contribution < 1.29 is 19.1 Å². The molecule has 0 bridgehead atoms. The first kappa shape index (κ1) is 23.4. The van der Waals surface area contributed by atoms with Crippen molar-refractivity contribution in [3.05, 3.63) is 0 Å². The Morgan fingerprint density at radius 1 is 1.11 bits per heavy atom. The van der Waals surface area contributed by atoms with E-state index in [2.05, 4.69) is 5.32 Å². The van der Waals surface area contributed by atoms with E-state index >= 15 is 0 Å². The predicted molar refractivity (Wildman–Crippen MR) is 105 cm³/mol. The molecule has 0 aromatic carbocycles. The van der Waals surface area contributed by atoms with Crippen molar-refractivity contribution in [2.24, 2.45) is 5.92 Å². The Kier molecular flexibility index (Phi) is 9.22. The quantitative estimate of drug-likeness (QED) is 0.647. The molecule has 1 N–H and O–H groups in total. The maximum absolute atomic E-state index is 13.1. The van der Waals surface area contributed by atoms with Gasteiger partial charge >= 0.3 is 5.97 Å². The van der Waals surface area contributed by atoms with Crippen LogP contribution in [0.3, 0.4) is 0 Å². The van der Waals surface area contributed by atoms with E-state index in [4.69, 9.17) is 4.74 Å². The van der Waals surface area contributed by atoms with Crippen molar-refractivity contribution in [1.29, 1.82) is 0 Å². The lowest BCUT2D eigenvalue weighted by molar-refractivity contribution is -0.159. The number of carbonyl (C=O) groups is 3. The van der Waals surface area contributed by atoms with Crippen molar-refractivity contribution in [3.8, 4) is 0 Å². The van der Waals surface area contributed by atoms with E-state index in [-0.39, 0.29) is 24.9 Å². The summed E-state index contributed by atoms with van der Waals surface area (Å²) in [4.78, 5) is 40.4. The zero-order valence-corrected chi connectivity index (χ0v) is 17.8. The predicted octanol–water partition coefficient (Wildman–Crippen LogP) is 1.80. The number of hydrogen-bond acceptors (Lipinski definition) is 5. The Balaban J connectivity index is 2.83. The first-order chi connectivity index (χ1) is 12.5. The van der Waals surface area contributed by atoms with Gasteiger partial charge < -0.3 is 19.9 Å². The number of amides is 2. The third-order valence-electron chi connectivity index (χ3n) is 4.92. The maximum Gasteiger partial charge on any atom is 0.326 e. The maximum atomic E-state index is 13.1. The first-order valence-corrected chi connectivity index (χ1v) is 9.92. The molecule has 0 aliphatic heterocycles. The van der Waals surface area contributed by atoms with Gasteiger partial charge in [0.25, 0.3) is 0 Å². The summed E-state index contributed by atoms with van der Waals surface area (Å²) in [5, 5.41) is 2.84. The van der Waals surface area contributed by atoms with Crippen molar-refractivity contribution in [3.63, 3.8) is 0 Å². The van der Waals surface area contributed by atoms with Gasteiger partial charge in [0.15, 0.2) is 0 Å². The molecule has 2 amide bonds. The number of esters is 1. The van der Waals surface area contributed by atoms with Crippen LogP contribution in [0.5, 0.6) is 0 Å². The summed E-state index contributed by atoms with van der Waals surface area (Å²) in [5.74, 6) is -0.345. The monoisotopic (exact) mass is 383 g/mol. The van der Waals surface area contributed by atoms with E-state index in [0.29, 0.717) is 12.3 Å². The van der Waals surface area contributed by atoms with Gasteiger partial charge in [-0.3, -0.25) is 14.4 Å². The standard InChI is InChI=1S/C20H37N3O4/c1-20(2,3)27-18(25)14-22(5)19(26)16(23(6)17(24)13-21-4)12-15-10-8-7-9-11-15/h15-16,21H,7-14H2,1-6H3/t16-/m0/s1. The van der Waals surface area contributed by atoms with Gasteiger partial charge in [0.2, 0.25) is 11.8 Å². The molecule has 7 nitrogen and oxygen atoms in total. The molecule has 1 atom stereocenters. The molecule has 1 saturated carbocycles. The topological polar surface area (TPSA) is 79.0 Å². The summed E-state index contributed by atoms with van der Waals surface area (Å²) < 4.78 is 5.31. The lowest BCUT2D eigenvalue weighted by Gasteiger charge is -2.34. The number of nitrogens with zero attached hydrogens (tertiary/aromatic N) is 2.